The molecule has 1 aliphatic rings. The summed E-state index contributed by atoms with van der Waals surface area (Å²) in [6, 6.07) is 0.462. The van der Waals surface area contributed by atoms with Crippen LogP contribution in [0.2, 0.25) is 0 Å². The van der Waals surface area contributed by atoms with Crippen molar-refractivity contribution in [3.8, 4) is 0 Å². The van der Waals surface area contributed by atoms with Crippen molar-refractivity contribution >= 4 is 5.96 Å². The summed E-state index contributed by atoms with van der Waals surface area (Å²) in [5.41, 5.74) is 6.19. The Kier molecular flexibility index (Phi) is 4.63. The van der Waals surface area contributed by atoms with Gasteiger partial charge in [-0.3, -0.25) is 0 Å². The first-order valence-electron chi connectivity index (χ1n) is 6.54. The van der Waals surface area contributed by atoms with E-state index in [1.54, 1.807) is 0 Å². The monoisotopic (exact) mass is 225 g/mol. The van der Waals surface area contributed by atoms with Gasteiger partial charge in [0.2, 0.25) is 0 Å². The third kappa shape index (κ3) is 3.39. The SMILES string of the molecule is CCC(C)(C)N(C)C(N)=NC1CCCCC1. The van der Waals surface area contributed by atoms with Crippen LogP contribution in [0.25, 0.3) is 0 Å². The Morgan fingerprint density at radius 3 is 2.38 bits per heavy atom. The molecule has 0 amide bonds. The first kappa shape index (κ1) is 13.3. The number of rotatable bonds is 3. The zero-order chi connectivity index (χ0) is 12.2. The molecule has 16 heavy (non-hydrogen) atoms. The van der Waals surface area contributed by atoms with Crippen LogP contribution in [0.1, 0.15) is 59.3 Å². The molecule has 0 atom stereocenters. The highest BCUT2D eigenvalue weighted by atomic mass is 15.3. The fourth-order valence-electron chi connectivity index (χ4n) is 2.03. The first-order valence-corrected chi connectivity index (χ1v) is 6.54. The highest BCUT2D eigenvalue weighted by Gasteiger charge is 2.23. The summed E-state index contributed by atoms with van der Waals surface area (Å²) in [5, 5.41) is 0. The predicted octanol–water partition coefficient (Wildman–Crippen LogP) is 2.75. The summed E-state index contributed by atoms with van der Waals surface area (Å²) in [6.07, 6.45) is 7.47. The van der Waals surface area contributed by atoms with Gasteiger partial charge in [-0.25, -0.2) is 4.99 Å². The number of hydrogen-bond acceptors (Lipinski definition) is 1. The molecule has 0 aromatic rings. The minimum atomic E-state index is 0.0995. The van der Waals surface area contributed by atoms with E-state index in [1.165, 1.54) is 32.1 Å². The van der Waals surface area contributed by atoms with E-state index in [0.717, 1.165) is 6.42 Å². The van der Waals surface area contributed by atoms with Gasteiger partial charge in [-0.15, -0.1) is 0 Å². The molecular weight excluding hydrogens is 198 g/mol. The molecule has 1 fully saturated rings. The average molecular weight is 225 g/mol. The molecule has 1 rings (SSSR count). The second kappa shape index (κ2) is 5.55. The summed E-state index contributed by atoms with van der Waals surface area (Å²) in [7, 11) is 2.05. The van der Waals surface area contributed by atoms with Crippen molar-refractivity contribution in [2.24, 2.45) is 10.7 Å². The highest BCUT2D eigenvalue weighted by molar-refractivity contribution is 5.78. The van der Waals surface area contributed by atoms with Crippen LogP contribution >= 0.6 is 0 Å². The molecule has 0 aromatic heterocycles. The lowest BCUT2D eigenvalue weighted by molar-refractivity contribution is 0.241. The lowest BCUT2D eigenvalue weighted by Crippen LogP contribution is -2.48. The molecule has 0 spiro atoms. The van der Waals surface area contributed by atoms with Gasteiger partial charge < -0.3 is 10.6 Å². The molecule has 0 aliphatic heterocycles. The van der Waals surface area contributed by atoms with Gasteiger partial charge in [0, 0.05) is 12.6 Å². The molecule has 0 unspecified atom stereocenters. The van der Waals surface area contributed by atoms with E-state index in [0.29, 0.717) is 12.0 Å². The Balaban J connectivity index is 2.61. The van der Waals surface area contributed by atoms with Crippen LogP contribution in [0.15, 0.2) is 4.99 Å². The van der Waals surface area contributed by atoms with Crippen LogP contribution in [0, 0.1) is 0 Å². The molecular formula is C13H27N3. The quantitative estimate of drug-likeness (QED) is 0.593. The third-order valence-corrected chi connectivity index (χ3v) is 4.01. The standard InChI is InChI=1S/C13H27N3/c1-5-13(2,3)16(4)12(14)15-11-9-7-6-8-10-11/h11H,5-10H2,1-4H3,(H2,14,15). The number of aliphatic imine (C=N–C) groups is 1. The van der Waals surface area contributed by atoms with Gasteiger partial charge in [-0.2, -0.15) is 0 Å². The maximum absolute atomic E-state index is 6.09. The smallest absolute Gasteiger partial charge is 0.191 e. The molecule has 3 heteroatoms. The normalized spacial score (nSPS) is 19.9. The fourth-order valence-corrected chi connectivity index (χ4v) is 2.03. The molecule has 3 nitrogen and oxygen atoms in total. The summed E-state index contributed by atoms with van der Waals surface area (Å²) in [4.78, 5) is 6.78. The van der Waals surface area contributed by atoms with Crippen LogP contribution < -0.4 is 5.73 Å². The summed E-state index contributed by atoms with van der Waals surface area (Å²) >= 11 is 0. The van der Waals surface area contributed by atoms with Crippen LogP contribution in [-0.2, 0) is 0 Å². The largest absolute Gasteiger partial charge is 0.370 e. The lowest BCUT2D eigenvalue weighted by atomic mass is 9.96. The zero-order valence-corrected chi connectivity index (χ0v) is 11.3. The number of hydrogen-bond donors (Lipinski definition) is 1. The van der Waals surface area contributed by atoms with Crippen LogP contribution in [0.5, 0.6) is 0 Å². The van der Waals surface area contributed by atoms with E-state index in [2.05, 4.69) is 30.7 Å². The maximum Gasteiger partial charge on any atom is 0.191 e. The second-order valence-corrected chi connectivity index (χ2v) is 5.50. The number of guanidine groups is 1. The Hall–Kier alpha value is -0.730. The fraction of sp³-hybridized carbons (Fsp3) is 0.923. The highest BCUT2D eigenvalue weighted by Crippen LogP contribution is 2.21. The van der Waals surface area contributed by atoms with Gasteiger partial charge in [-0.1, -0.05) is 26.2 Å². The average Bonchev–Trinajstić information content (AvgIpc) is 2.29. The van der Waals surface area contributed by atoms with Crippen molar-refractivity contribution in [3.63, 3.8) is 0 Å². The second-order valence-electron chi connectivity index (χ2n) is 5.50. The topological polar surface area (TPSA) is 41.6 Å². The molecule has 2 N–H and O–H groups in total. The van der Waals surface area contributed by atoms with Crippen molar-refractivity contribution in [2.75, 3.05) is 7.05 Å². The molecule has 94 valence electrons. The summed E-state index contributed by atoms with van der Waals surface area (Å²) in [5.74, 6) is 0.707. The zero-order valence-electron chi connectivity index (χ0n) is 11.3. The Morgan fingerprint density at radius 1 is 1.31 bits per heavy atom. The van der Waals surface area contributed by atoms with E-state index < -0.39 is 0 Å². The van der Waals surface area contributed by atoms with Gasteiger partial charge in [0.05, 0.1) is 6.04 Å². The van der Waals surface area contributed by atoms with E-state index >= 15 is 0 Å². The third-order valence-electron chi connectivity index (χ3n) is 4.01. The molecule has 1 aliphatic carbocycles. The maximum atomic E-state index is 6.09. The van der Waals surface area contributed by atoms with Crippen LogP contribution in [0.3, 0.4) is 0 Å². The summed E-state index contributed by atoms with van der Waals surface area (Å²) in [6.45, 7) is 6.59. The summed E-state index contributed by atoms with van der Waals surface area (Å²) < 4.78 is 0. The molecule has 0 saturated heterocycles. The van der Waals surface area contributed by atoms with Crippen LogP contribution in [-0.4, -0.2) is 29.5 Å². The Bertz CT molecular complexity index is 240. The molecule has 0 heterocycles. The van der Waals surface area contributed by atoms with E-state index in [4.69, 9.17) is 5.73 Å². The van der Waals surface area contributed by atoms with Crippen molar-refractivity contribution in [1.82, 2.24) is 4.90 Å². The van der Waals surface area contributed by atoms with Crippen molar-refractivity contribution in [2.45, 2.75) is 70.9 Å². The Labute approximate surface area is 100 Å². The van der Waals surface area contributed by atoms with Crippen molar-refractivity contribution in [1.29, 1.82) is 0 Å². The van der Waals surface area contributed by atoms with Gasteiger partial charge in [0.25, 0.3) is 0 Å². The minimum Gasteiger partial charge on any atom is -0.370 e. The molecule has 1 saturated carbocycles. The van der Waals surface area contributed by atoms with E-state index in [9.17, 15) is 0 Å². The van der Waals surface area contributed by atoms with E-state index in [-0.39, 0.29) is 5.54 Å². The minimum absolute atomic E-state index is 0.0995. The molecule has 0 radical (unpaired) electrons. The Morgan fingerprint density at radius 2 is 1.88 bits per heavy atom. The lowest BCUT2D eigenvalue weighted by Gasteiger charge is -2.36. The molecule has 0 aromatic carbocycles. The van der Waals surface area contributed by atoms with Gasteiger partial charge in [0.1, 0.15) is 0 Å². The predicted molar refractivity (Wildman–Crippen MR) is 70.6 cm³/mol. The molecule has 0 bridgehead atoms. The number of nitrogens with two attached hydrogens (primary N) is 1. The van der Waals surface area contributed by atoms with E-state index in [1.807, 2.05) is 7.05 Å². The van der Waals surface area contributed by atoms with Gasteiger partial charge >= 0.3 is 0 Å². The van der Waals surface area contributed by atoms with Gasteiger partial charge in [0.15, 0.2) is 5.96 Å². The van der Waals surface area contributed by atoms with Crippen molar-refractivity contribution in [3.05, 3.63) is 0 Å². The van der Waals surface area contributed by atoms with Gasteiger partial charge in [-0.05, 0) is 33.1 Å². The first-order chi connectivity index (χ1) is 7.47. The van der Waals surface area contributed by atoms with Crippen molar-refractivity contribution < 1.29 is 0 Å². The van der Waals surface area contributed by atoms with Crippen LogP contribution in [0.4, 0.5) is 0 Å². The number of nitrogens with zero attached hydrogens (tertiary/aromatic N) is 2.